The Morgan fingerprint density at radius 2 is 2.25 bits per heavy atom. The monoisotopic (exact) mass is 309 g/mol. The number of nitrogens with one attached hydrogen (secondary N) is 1. The maximum atomic E-state index is 11.7. The van der Waals surface area contributed by atoms with Crippen LogP contribution in [-0.2, 0) is 9.26 Å². The molecule has 0 aromatic heterocycles. The topological polar surface area (TPSA) is 176 Å². The van der Waals surface area contributed by atoms with E-state index in [0.717, 1.165) is 4.90 Å². The van der Waals surface area contributed by atoms with Gasteiger partial charge in [0, 0.05) is 0 Å². The highest BCUT2D eigenvalue weighted by atomic mass is 31.2. The predicted octanol–water partition coefficient (Wildman–Crippen LogP) is -3.07. The summed E-state index contributed by atoms with van der Waals surface area (Å²) in [5.74, 6) is -0.0341. The van der Waals surface area contributed by atoms with Gasteiger partial charge in [-0.1, -0.05) is 0 Å². The molecule has 1 unspecified atom stereocenters. The second-order valence-corrected chi connectivity index (χ2v) is 5.09. The van der Waals surface area contributed by atoms with Gasteiger partial charge in [0.05, 0.1) is 6.61 Å². The summed E-state index contributed by atoms with van der Waals surface area (Å²) in [5.41, 5.74) is 10.4. The van der Waals surface area contributed by atoms with Gasteiger partial charge in [-0.05, 0) is 0 Å². The molecular formula is C8H16N5O6P. The Morgan fingerprint density at radius 1 is 1.55 bits per heavy atom. The van der Waals surface area contributed by atoms with E-state index in [9.17, 15) is 15.0 Å². The first-order chi connectivity index (χ1) is 9.40. The van der Waals surface area contributed by atoms with E-state index in [1.165, 1.54) is 0 Å². The number of nitrogens with two attached hydrogens (primary N) is 2. The summed E-state index contributed by atoms with van der Waals surface area (Å²) in [6.07, 6.45) is -4.65. The molecule has 0 radical (unpaired) electrons. The van der Waals surface area contributed by atoms with Crippen LogP contribution in [-0.4, -0.2) is 69.8 Å². The zero-order valence-electron chi connectivity index (χ0n) is 10.3. The van der Waals surface area contributed by atoms with Crippen molar-refractivity contribution in [2.75, 3.05) is 13.3 Å². The van der Waals surface area contributed by atoms with Crippen molar-refractivity contribution in [3.8, 4) is 0 Å². The highest BCUT2D eigenvalue weighted by Crippen LogP contribution is 2.28. The molecule has 8 N–H and O–H groups in total. The number of hydrogen-bond donors (Lipinski definition) is 6. The van der Waals surface area contributed by atoms with Crippen LogP contribution >= 0.6 is 8.53 Å². The molecule has 1 saturated heterocycles. The molecule has 12 heteroatoms. The van der Waals surface area contributed by atoms with Gasteiger partial charge in [0.15, 0.2) is 12.2 Å². The number of urea groups is 1. The number of rotatable bonds is 4. The molecule has 0 aromatic carbocycles. The number of aliphatic hydroxyl groups excluding tert-OH is 2. The van der Waals surface area contributed by atoms with Crippen LogP contribution in [0.2, 0.25) is 0 Å². The summed E-state index contributed by atoms with van der Waals surface area (Å²) in [6.45, 7) is -0.322. The largest absolute Gasteiger partial charge is 0.387 e. The van der Waals surface area contributed by atoms with E-state index in [2.05, 4.69) is 10.3 Å². The molecule has 2 heterocycles. The Hall–Kier alpha value is -1.07. The Kier molecular flexibility index (Phi) is 4.70. The Bertz CT molecular complexity index is 409. The maximum absolute atomic E-state index is 11.7. The highest BCUT2D eigenvalue weighted by Gasteiger charge is 2.47. The van der Waals surface area contributed by atoms with Crippen molar-refractivity contribution in [1.29, 1.82) is 0 Å². The van der Waals surface area contributed by atoms with E-state index in [-0.39, 0.29) is 19.2 Å². The number of nitrogens with zero attached hydrogens (tertiary/aromatic N) is 2. The number of hydrogen-bond acceptors (Lipinski definition) is 9. The maximum Gasteiger partial charge on any atom is 0.327 e. The quantitative estimate of drug-likeness (QED) is 0.296. The van der Waals surface area contributed by atoms with Crippen LogP contribution in [0.25, 0.3) is 0 Å². The fourth-order valence-electron chi connectivity index (χ4n) is 1.91. The average molecular weight is 309 g/mol. The Balaban J connectivity index is 2.01. The molecule has 0 bridgehead atoms. The minimum Gasteiger partial charge on any atom is -0.387 e. The van der Waals surface area contributed by atoms with E-state index in [1.807, 2.05) is 0 Å². The van der Waals surface area contributed by atoms with Crippen LogP contribution in [0.1, 0.15) is 0 Å². The van der Waals surface area contributed by atoms with Crippen LogP contribution in [0.15, 0.2) is 4.99 Å². The van der Waals surface area contributed by atoms with Crippen molar-refractivity contribution >= 4 is 20.5 Å². The first kappa shape index (κ1) is 15.3. The molecule has 0 spiro atoms. The van der Waals surface area contributed by atoms with Gasteiger partial charge in [0.2, 0.25) is 8.53 Å². The normalized spacial score (nSPS) is 35.7. The third-order valence-corrected chi connectivity index (χ3v) is 3.32. The van der Waals surface area contributed by atoms with E-state index in [1.54, 1.807) is 0 Å². The van der Waals surface area contributed by atoms with Crippen LogP contribution < -0.4 is 16.6 Å². The molecule has 0 saturated carbocycles. The molecule has 2 amide bonds. The van der Waals surface area contributed by atoms with E-state index in [0.29, 0.717) is 0 Å². The zero-order chi connectivity index (χ0) is 14.9. The SMILES string of the molecule is NC1=NCN([C@@H]2O[C@H](COP(N)O)[C@@H](O)[C@H]2O)C(=O)N1. The summed E-state index contributed by atoms with van der Waals surface area (Å²) in [5, 5.41) is 22.0. The number of carbonyl (C=O) groups is 1. The minimum absolute atomic E-state index is 0.0341. The van der Waals surface area contributed by atoms with Gasteiger partial charge >= 0.3 is 6.03 Å². The summed E-state index contributed by atoms with van der Waals surface area (Å²) in [6, 6.07) is -0.599. The van der Waals surface area contributed by atoms with Gasteiger partial charge in [-0.3, -0.25) is 15.7 Å². The molecule has 20 heavy (non-hydrogen) atoms. The van der Waals surface area contributed by atoms with Crippen LogP contribution in [0.3, 0.4) is 0 Å². The predicted molar refractivity (Wildman–Crippen MR) is 66.8 cm³/mol. The molecule has 114 valence electrons. The van der Waals surface area contributed by atoms with E-state index in [4.69, 9.17) is 25.4 Å². The van der Waals surface area contributed by atoms with Crippen LogP contribution in [0.5, 0.6) is 0 Å². The number of guanidine groups is 1. The van der Waals surface area contributed by atoms with E-state index >= 15 is 0 Å². The lowest BCUT2D eigenvalue weighted by atomic mass is 10.1. The van der Waals surface area contributed by atoms with Gasteiger partial charge in [-0.25, -0.2) is 9.79 Å². The van der Waals surface area contributed by atoms with Crippen LogP contribution in [0.4, 0.5) is 4.79 Å². The van der Waals surface area contributed by atoms with Crippen molar-refractivity contribution in [3.63, 3.8) is 0 Å². The summed E-state index contributed by atoms with van der Waals surface area (Å²) < 4.78 is 10.1. The summed E-state index contributed by atoms with van der Waals surface area (Å²) in [4.78, 5) is 25.4. The molecule has 1 fully saturated rings. The van der Waals surface area contributed by atoms with Gasteiger partial charge in [0.25, 0.3) is 0 Å². The lowest BCUT2D eigenvalue weighted by molar-refractivity contribution is -0.0763. The van der Waals surface area contributed by atoms with Gasteiger partial charge in [-0.15, -0.1) is 0 Å². The molecule has 2 aliphatic rings. The van der Waals surface area contributed by atoms with Gasteiger partial charge in [-0.2, -0.15) is 0 Å². The molecule has 2 aliphatic heterocycles. The number of amides is 2. The molecule has 5 atom stereocenters. The van der Waals surface area contributed by atoms with Gasteiger partial charge < -0.3 is 30.1 Å². The smallest absolute Gasteiger partial charge is 0.327 e. The fraction of sp³-hybridized carbons (Fsp3) is 0.750. The summed E-state index contributed by atoms with van der Waals surface area (Å²) >= 11 is 0. The third kappa shape index (κ3) is 3.15. The van der Waals surface area contributed by atoms with Crippen molar-refractivity contribution < 1.29 is 29.2 Å². The van der Waals surface area contributed by atoms with Crippen LogP contribution in [0, 0.1) is 0 Å². The molecule has 2 rings (SSSR count). The molecule has 0 aliphatic carbocycles. The Labute approximate surface area is 115 Å². The summed E-state index contributed by atoms with van der Waals surface area (Å²) in [7, 11) is -2.10. The molecular weight excluding hydrogens is 293 g/mol. The number of carbonyl (C=O) groups excluding carboxylic acids is 1. The minimum atomic E-state index is -2.10. The standard InChI is InChI=1S/C8H16N5O6P/c9-7-11-2-13(8(16)12-7)6-5(15)4(14)3(19-6)1-18-20(10)17/h3-6,14-15,17H,1-2,10H2,(H3,9,11,12,16)/t3-,4-,5-,6-,20?/m1/s1. The number of ether oxygens (including phenoxy) is 1. The fourth-order valence-corrected chi connectivity index (χ4v) is 2.21. The second-order valence-electron chi connectivity index (χ2n) is 4.23. The Morgan fingerprint density at radius 3 is 2.85 bits per heavy atom. The van der Waals surface area contributed by atoms with Crippen molar-refractivity contribution in [3.05, 3.63) is 0 Å². The molecule has 0 aromatic rings. The lowest BCUT2D eigenvalue weighted by Gasteiger charge is -2.31. The second kappa shape index (κ2) is 6.14. The van der Waals surface area contributed by atoms with Crippen molar-refractivity contribution in [2.24, 2.45) is 16.2 Å². The highest BCUT2D eigenvalue weighted by molar-refractivity contribution is 7.43. The van der Waals surface area contributed by atoms with Crippen molar-refractivity contribution in [2.45, 2.75) is 24.5 Å². The van der Waals surface area contributed by atoms with Gasteiger partial charge in [0.1, 0.15) is 25.0 Å². The third-order valence-electron chi connectivity index (χ3n) is 2.90. The number of aliphatic hydroxyl groups is 2. The molecule has 11 nitrogen and oxygen atoms in total. The first-order valence-corrected chi connectivity index (χ1v) is 6.94. The first-order valence-electron chi connectivity index (χ1n) is 5.66. The average Bonchev–Trinajstić information content (AvgIpc) is 2.64. The zero-order valence-corrected chi connectivity index (χ0v) is 11.2. The number of aliphatic imine (C=N–C) groups is 1. The van der Waals surface area contributed by atoms with Crippen molar-refractivity contribution in [1.82, 2.24) is 10.2 Å². The lowest BCUT2D eigenvalue weighted by Crippen LogP contribution is -2.56. The van der Waals surface area contributed by atoms with E-state index < -0.39 is 39.1 Å².